The number of alkyl halides is 1. The number of hydrogen-bond donors (Lipinski definition) is 1. The van der Waals surface area contributed by atoms with Crippen LogP contribution in [0.15, 0.2) is 17.1 Å². The number of pyridine rings is 2. The molecule has 0 aliphatic rings. The van der Waals surface area contributed by atoms with Crippen molar-refractivity contribution in [1.82, 2.24) is 9.97 Å². The summed E-state index contributed by atoms with van der Waals surface area (Å²) in [5.41, 5.74) is 0.896. The van der Waals surface area contributed by atoms with Gasteiger partial charge in [-0.05, 0) is 18.6 Å². The molecule has 2 rings (SSSR count). The molecule has 0 unspecified atom stereocenters. The van der Waals surface area contributed by atoms with Crippen LogP contribution < -0.4 is 5.56 Å². The van der Waals surface area contributed by atoms with E-state index in [0.29, 0.717) is 5.52 Å². The van der Waals surface area contributed by atoms with E-state index in [1.54, 1.807) is 6.07 Å². The summed E-state index contributed by atoms with van der Waals surface area (Å²) in [6.45, 7) is 1.42. The zero-order valence-corrected chi connectivity index (χ0v) is 8.73. The summed E-state index contributed by atoms with van der Waals surface area (Å²) in [7, 11) is 0. The smallest absolute Gasteiger partial charge is 0.254 e. The number of rotatable bonds is 1. The Kier molecular flexibility index (Phi) is 2.44. The molecule has 1 N–H and O–H groups in total. The van der Waals surface area contributed by atoms with Gasteiger partial charge in [-0.25, -0.2) is 4.39 Å². The minimum Gasteiger partial charge on any atom is -0.320 e. The van der Waals surface area contributed by atoms with Gasteiger partial charge >= 0.3 is 0 Å². The highest BCUT2D eigenvalue weighted by Gasteiger charge is 2.09. The predicted molar refractivity (Wildman–Crippen MR) is 56.6 cm³/mol. The molecule has 2 heterocycles. The standard InChI is InChI=1S/C10H8ClFN2O/c1-5-8(12)9-7(14-10(5)15)2-6(3-11)4-13-9/h2,4H,3H2,1H3,(H,14,15). The molecule has 0 aliphatic carbocycles. The van der Waals surface area contributed by atoms with E-state index in [1.807, 2.05) is 0 Å². The number of aromatic nitrogens is 2. The Morgan fingerprint density at radius 1 is 1.60 bits per heavy atom. The minimum atomic E-state index is -0.574. The summed E-state index contributed by atoms with van der Waals surface area (Å²) in [6.07, 6.45) is 1.50. The highest BCUT2D eigenvalue weighted by molar-refractivity contribution is 6.17. The van der Waals surface area contributed by atoms with Crippen molar-refractivity contribution in [2.24, 2.45) is 0 Å². The highest BCUT2D eigenvalue weighted by atomic mass is 35.5. The van der Waals surface area contributed by atoms with Crippen molar-refractivity contribution >= 4 is 22.6 Å². The van der Waals surface area contributed by atoms with E-state index in [0.717, 1.165) is 5.56 Å². The lowest BCUT2D eigenvalue weighted by Gasteiger charge is -2.02. The molecule has 2 aromatic heterocycles. The zero-order valence-electron chi connectivity index (χ0n) is 7.97. The first-order valence-corrected chi connectivity index (χ1v) is 4.90. The quantitative estimate of drug-likeness (QED) is 0.757. The van der Waals surface area contributed by atoms with Crippen LogP contribution in [-0.2, 0) is 5.88 Å². The van der Waals surface area contributed by atoms with Crippen LogP contribution in [0.2, 0.25) is 0 Å². The number of hydrogen-bond acceptors (Lipinski definition) is 2. The van der Waals surface area contributed by atoms with Gasteiger partial charge in [0.1, 0.15) is 5.52 Å². The Bertz CT molecular complexity index is 579. The molecule has 3 nitrogen and oxygen atoms in total. The molecule has 15 heavy (non-hydrogen) atoms. The van der Waals surface area contributed by atoms with Gasteiger partial charge in [0.15, 0.2) is 5.82 Å². The van der Waals surface area contributed by atoms with Crippen LogP contribution in [-0.4, -0.2) is 9.97 Å². The number of aromatic amines is 1. The summed E-state index contributed by atoms with van der Waals surface area (Å²) < 4.78 is 13.6. The molecule has 0 bridgehead atoms. The Balaban J connectivity index is 2.86. The minimum absolute atomic E-state index is 0.0497. The molecular formula is C10H8ClFN2O. The van der Waals surface area contributed by atoms with E-state index in [4.69, 9.17) is 11.6 Å². The van der Waals surface area contributed by atoms with Gasteiger partial charge < -0.3 is 4.98 Å². The van der Waals surface area contributed by atoms with Crippen molar-refractivity contribution in [3.05, 3.63) is 39.6 Å². The normalized spacial score (nSPS) is 10.9. The first kappa shape index (κ1) is 10.1. The molecule has 0 aliphatic heterocycles. The van der Waals surface area contributed by atoms with Gasteiger partial charge in [0, 0.05) is 12.1 Å². The Morgan fingerprint density at radius 3 is 3.00 bits per heavy atom. The molecule has 0 saturated heterocycles. The lowest BCUT2D eigenvalue weighted by Crippen LogP contribution is -2.12. The molecule has 2 aromatic rings. The maximum Gasteiger partial charge on any atom is 0.254 e. The lowest BCUT2D eigenvalue weighted by atomic mass is 10.2. The zero-order chi connectivity index (χ0) is 11.0. The second-order valence-corrected chi connectivity index (χ2v) is 3.53. The summed E-state index contributed by atoms with van der Waals surface area (Å²) in [5, 5.41) is 0. The van der Waals surface area contributed by atoms with Crippen LogP contribution in [0.4, 0.5) is 4.39 Å². The first-order chi connectivity index (χ1) is 7.13. The Hall–Kier alpha value is -1.42. The molecular weight excluding hydrogens is 219 g/mol. The van der Waals surface area contributed by atoms with E-state index >= 15 is 0 Å². The van der Waals surface area contributed by atoms with Crippen molar-refractivity contribution in [1.29, 1.82) is 0 Å². The topological polar surface area (TPSA) is 45.8 Å². The van der Waals surface area contributed by atoms with Crippen molar-refractivity contribution in [2.75, 3.05) is 0 Å². The van der Waals surface area contributed by atoms with Gasteiger partial charge in [0.2, 0.25) is 0 Å². The van der Waals surface area contributed by atoms with Crippen molar-refractivity contribution in [3.63, 3.8) is 0 Å². The van der Waals surface area contributed by atoms with Crippen LogP contribution >= 0.6 is 11.6 Å². The third kappa shape index (κ3) is 1.61. The maximum atomic E-state index is 13.6. The average molecular weight is 227 g/mol. The highest BCUT2D eigenvalue weighted by Crippen LogP contribution is 2.15. The van der Waals surface area contributed by atoms with Gasteiger partial charge in [-0.2, -0.15) is 0 Å². The second kappa shape index (κ2) is 3.62. The molecule has 0 aromatic carbocycles. The third-order valence-corrected chi connectivity index (χ3v) is 2.53. The Labute approximate surface area is 89.9 Å². The molecule has 78 valence electrons. The molecule has 0 amide bonds. The van der Waals surface area contributed by atoms with Gasteiger partial charge in [0.05, 0.1) is 11.1 Å². The van der Waals surface area contributed by atoms with E-state index < -0.39 is 11.4 Å². The Morgan fingerprint density at radius 2 is 2.33 bits per heavy atom. The van der Waals surface area contributed by atoms with Gasteiger partial charge in [0.25, 0.3) is 5.56 Å². The number of H-pyrrole nitrogens is 1. The SMILES string of the molecule is Cc1c(F)c2ncc(CCl)cc2[nH]c1=O. The van der Waals surface area contributed by atoms with Crippen LogP contribution in [0.25, 0.3) is 11.0 Å². The molecule has 0 fully saturated rings. The van der Waals surface area contributed by atoms with Gasteiger partial charge in [-0.15, -0.1) is 11.6 Å². The summed E-state index contributed by atoms with van der Waals surface area (Å²) >= 11 is 5.61. The number of fused-ring (bicyclic) bond motifs is 1. The summed E-state index contributed by atoms with van der Waals surface area (Å²) in [4.78, 5) is 17.8. The molecule has 0 saturated carbocycles. The van der Waals surface area contributed by atoms with E-state index in [1.165, 1.54) is 13.1 Å². The van der Waals surface area contributed by atoms with Crippen LogP contribution in [0.3, 0.4) is 0 Å². The monoisotopic (exact) mass is 226 g/mol. The molecule has 0 spiro atoms. The molecule has 0 radical (unpaired) electrons. The van der Waals surface area contributed by atoms with Crippen LogP contribution in [0.1, 0.15) is 11.1 Å². The van der Waals surface area contributed by atoms with Gasteiger partial charge in [-0.1, -0.05) is 0 Å². The van der Waals surface area contributed by atoms with E-state index in [-0.39, 0.29) is 17.0 Å². The third-order valence-electron chi connectivity index (χ3n) is 2.22. The maximum absolute atomic E-state index is 13.6. The van der Waals surface area contributed by atoms with Crippen molar-refractivity contribution < 1.29 is 4.39 Å². The fourth-order valence-electron chi connectivity index (χ4n) is 1.34. The lowest BCUT2D eigenvalue weighted by molar-refractivity contribution is 0.623. The van der Waals surface area contributed by atoms with E-state index in [2.05, 4.69) is 9.97 Å². The fourth-order valence-corrected chi connectivity index (χ4v) is 1.49. The molecule has 5 heteroatoms. The van der Waals surface area contributed by atoms with Gasteiger partial charge in [-0.3, -0.25) is 9.78 Å². The van der Waals surface area contributed by atoms with E-state index in [9.17, 15) is 9.18 Å². The molecule has 0 atom stereocenters. The van der Waals surface area contributed by atoms with Crippen molar-refractivity contribution in [2.45, 2.75) is 12.8 Å². The summed E-state index contributed by atoms with van der Waals surface area (Å²) in [5.74, 6) is -0.296. The number of nitrogens with zero attached hydrogens (tertiary/aromatic N) is 1. The number of nitrogens with one attached hydrogen (secondary N) is 1. The fraction of sp³-hybridized carbons (Fsp3) is 0.200. The summed E-state index contributed by atoms with van der Waals surface area (Å²) in [6, 6.07) is 1.62. The predicted octanol–water partition coefficient (Wildman–Crippen LogP) is 2.11. The second-order valence-electron chi connectivity index (χ2n) is 3.27. The van der Waals surface area contributed by atoms with Crippen LogP contribution in [0.5, 0.6) is 0 Å². The first-order valence-electron chi connectivity index (χ1n) is 4.36. The number of halogens is 2. The average Bonchev–Trinajstić information content (AvgIpc) is 2.25. The largest absolute Gasteiger partial charge is 0.320 e. The van der Waals surface area contributed by atoms with Crippen molar-refractivity contribution in [3.8, 4) is 0 Å². The van der Waals surface area contributed by atoms with Crippen LogP contribution in [0, 0.1) is 12.7 Å².